The number of hydrogen-bond donors (Lipinski definition) is 4. The van der Waals surface area contributed by atoms with E-state index in [9.17, 15) is 5.11 Å². The summed E-state index contributed by atoms with van der Waals surface area (Å²) in [6.45, 7) is 0. The van der Waals surface area contributed by atoms with Crippen molar-refractivity contribution >= 4 is 50.9 Å². The molecule has 7 aromatic carbocycles. The minimum atomic E-state index is -4.64. The van der Waals surface area contributed by atoms with Crippen LogP contribution in [0.15, 0.2) is 127 Å². The minimum absolute atomic E-state index is 0.297. The first-order chi connectivity index (χ1) is 19.3. The molecule has 5 nitrogen and oxygen atoms in total. The van der Waals surface area contributed by atoms with Gasteiger partial charge in [0.15, 0.2) is 0 Å². The van der Waals surface area contributed by atoms with Gasteiger partial charge in [0.05, 0.1) is 0 Å². The molecule has 0 aliphatic heterocycles. The van der Waals surface area contributed by atoms with Crippen LogP contribution in [0, 0.1) is 0 Å². The Labute approximate surface area is 230 Å². The van der Waals surface area contributed by atoms with Crippen molar-refractivity contribution in [2.75, 3.05) is 0 Å². The Kier molecular flexibility index (Phi) is 6.59. The minimum Gasteiger partial charge on any atom is -0.507 e. The maximum absolute atomic E-state index is 11.3. The molecular formula is C34H25O5P. The highest BCUT2D eigenvalue weighted by Crippen LogP contribution is 2.48. The summed E-state index contributed by atoms with van der Waals surface area (Å²) in [7, 11) is -4.64. The molecule has 196 valence electrons. The van der Waals surface area contributed by atoms with E-state index in [1.54, 1.807) is 0 Å². The predicted molar refractivity (Wildman–Crippen MR) is 163 cm³/mol. The molecule has 4 N–H and O–H groups in total. The maximum Gasteiger partial charge on any atom is 0.466 e. The van der Waals surface area contributed by atoms with Gasteiger partial charge in [-0.15, -0.1) is 0 Å². The average Bonchev–Trinajstić information content (AvgIpc) is 2.95. The molecule has 0 heterocycles. The van der Waals surface area contributed by atoms with Crippen molar-refractivity contribution in [2.45, 2.75) is 0 Å². The molecule has 6 heteroatoms. The van der Waals surface area contributed by atoms with Crippen LogP contribution in [0.4, 0.5) is 0 Å². The van der Waals surface area contributed by atoms with Crippen LogP contribution in [0.5, 0.6) is 5.75 Å². The lowest BCUT2D eigenvalue weighted by molar-refractivity contribution is 0.275. The molecule has 0 aliphatic carbocycles. The largest absolute Gasteiger partial charge is 0.507 e. The van der Waals surface area contributed by atoms with Crippen LogP contribution in [0.1, 0.15) is 0 Å². The van der Waals surface area contributed by atoms with E-state index in [-0.39, 0.29) is 0 Å². The molecule has 0 fully saturated rings. The highest BCUT2D eigenvalue weighted by atomic mass is 31.2. The van der Waals surface area contributed by atoms with E-state index < -0.39 is 7.82 Å². The van der Waals surface area contributed by atoms with E-state index in [0.717, 1.165) is 38.2 Å². The summed E-state index contributed by atoms with van der Waals surface area (Å²) >= 11 is 0. The molecule has 0 amide bonds. The second-order valence-corrected chi connectivity index (χ2v) is 10.6. The number of phenolic OH excluding ortho intramolecular Hbond substituents is 1. The summed E-state index contributed by atoms with van der Waals surface area (Å²) in [5.74, 6) is 0.297. The molecule has 0 bridgehead atoms. The molecule has 0 spiro atoms. The van der Waals surface area contributed by atoms with Gasteiger partial charge in [0.25, 0.3) is 0 Å². The molecule has 0 aliphatic rings. The lowest BCUT2D eigenvalue weighted by Crippen LogP contribution is -1.92. The van der Waals surface area contributed by atoms with Crippen LogP contribution in [0.2, 0.25) is 0 Å². The second kappa shape index (κ2) is 10.2. The summed E-state index contributed by atoms with van der Waals surface area (Å²) in [5, 5.41) is 20.6. The topological polar surface area (TPSA) is 98.0 Å². The fourth-order valence-electron chi connectivity index (χ4n) is 5.58. The van der Waals surface area contributed by atoms with Crippen LogP contribution in [-0.4, -0.2) is 19.8 Å². The summed E-state index contributed by atoms with van der Waals surface area (Å²) < 4.78 is 8.88. The highest BCUT2D eigenvalue weighted by Gasteiger charge is 2.20. The fourth-order valence-corrected chi connectivity index (χ4v) is 5.58. The predicted octanol–water partition coefficient (Wildman–Crippen LogP) is 8.41. The quantitative estimate of drug-likeness (QED) is 0.129. The summed E-state index contributed by atoms with van der Waals surface area (Å²) in [6.07, 6.45) is 0. The lowest BCUT2D eigenvalue weighted by atomic mass is 9.84. The van der Waals surface area contributed by atoms with E-state index in [1.807, 2.05) is 24.3 Å². The zero-order valence-electron chi connectivity index (χ0n) is 21.3. The molecule has 0 saturated carbocycles. The molecule has 0 aromatic heterocycles. The fraction of sp³-hybridized carbons (Fsp3) is 0. The van der Waals surface area contributed by atoms with Gasteiger partial charge in [-0.1, -0.05) is 115 Å². The van der Waals surface area contributed by atoms with Crippen molar-refractivity contribution in [3.05, 3.63) is 127 Å². The Hall–Kier alpha value is -4.51. The first kappa shape index (κ1) is 25.8. The Morgan fingerprint density at radius 1 is 0.425 bits per heavy atom. The molecule has 7 rings (SSSR count). The third kappa shape index (κ3) is 4.84. The van der Waals surface area contributed by atoms with Crippen LogP contribution < -0.4 is 0 Å². The van der Waals surface area contributed by atoms with Crippen LogP contribution >= 0.6 is 7.82 Å². The molecule has 0 radical (unpaired) electrons. The van der Waals surface area contributed by atoms with Gasteiger partial charge in [0, 0.05) is 11.1 Å². The average molecular weight is 545 g/mol. The maximum atomic E-state index is 11.3. The number of phenols is 1. The van der Waals surface area contributed by atoms with Gasteiger partial charge >= 0.3 is 7.82 Å². The van der Waals surface area contributed by atoms with Crippen molar-refractivity contribution in [1.82, 2.24) is 0 Å². The third-order valence-corrected chi connectivity index (χ3v) is 7.13. The second-order valence-electron chi connectivity index (χ2n) is 9.60. The summed E-state index contributed by atoms with van der Waals surface area (Å²) in [5.41, 5.74) is 4.28. The molecule has 0 atom stereocenters. The van der Waals surface area contributed by atoms with Gasteiger partial charge in [-0.25, -0.2) is 4.57 Å². The number of phosphoric acid groups is 1. The number of aromatic hydroxyl groups is 1. The Balaban J connectivity index is 0.000000534. The number of hydrogen-bond acceptors (Lipinski definition) is 2. The van der Waals surface area contributed by atoms with E-state index in [4.69, 9.17) is 19.2 Å². The Morgan fingerprint density at radius 3 is 1.30 bits per heavy atom. The van der Waals surface area contributed by atoms with Crippen molar-refractivity contribution in [2.24, 2.45) is 0 Å². The molecular weight excluding hydrogens is 519 g/mol. The molecule has 0 unspecified atom stereocenters. The number of fused-ring (bicyclic) bond motifs is 4. The van der Waals surface area contributed by atoms with Crippen molar-refractivity contribution < 1.29 is 24.4 Å². The van der Waals surface area contributed by atoms with Gasteiger partial charge in [0.1, 0.15) is 5.75 Å². The van der Waals surface area contributed by atoms with Crippen LogP contribution in [0.3, 0.4) is 0 Å². The van der Waals surface area contributed by atoms with E-state index in [1.165, 1.54) is 27.1 Å². The lowest BCUT2D eigenvalue weighted by Gasteiger charge is -2.20. The first-order valence-electron chi connectivity index (χ1n) is 12.7. The Bertz CT molecular complexity index is 2030. The first-order valence-corrected chi connectivity index (χ1v) is 14.3. The van der Waals surface area contributed by atoms with Crippen LogP contribution in [-0.2, 0) is 4.57 Å². The smallest absolute Gasteiger partial charge is 0.466 e. The third-order valence-electron chi connectivity index (χ3n) is 7.13. The number of rotatable bonds is 2. The van der Waals surface area contributed by atoms with E-state index in [0.29, 0.717) is 5.75 Å². The number of benzene rings is 7. The van der Waals surface area contributed by atoms with E-state index >= 15 is 0 Å². The zero-order valence-corrected chi connectivity index (χ0v) is 22.2. The normalized spacial score (nSPS) is 11.6. The summed E-state index contributed by atoms with van der Waals surface area (Å²) in [6, 6.07) is 44.5. The van der Waals surface area contributed by atoms with Gasteiger partial charge in [-0.3, -0.25) is 0 Å². The molecule has 0 saturated heterocycles. The van der Waals surface area contributed by atoms with Gasteiger partial charge in [0.2, 0.25) is 0 Å². The van der Waals surface area contributed by atoms with E-state index in [2.05, 4.69) is 103 Å². The zero-order chi connectivity index (χ0) is 27.9. The summed E-state index contributed by atoms with van der Waals surface area (Å²) in [4.78, 5) is 21.6. The van der Waals surface area contributed by atoms with Gasteiger partial charge in [-0.05, 0) is 66.3 Å². The van der Waals surface area contributed by atoms with Crippen molar-refractivity contribution in [3.63, 3.8) is 0 Å². The SMILES string of the molecule is O=P(O)(O)O.Oc1ccc2ccccc2c1-c1c(-c2c3ccccc3cc3ccccc23)ccc2ccccc12. The standard InChI is InChI=1S/C34H22O.H3O4P/c35-31-20-18-23-10-2-6-14-27(23)34(31)33-26-13-5-1-9-22(26)17-19-30(33)32-28-15-7-3-11-24(28)21-25-12-4-8-16-29(25)32;1-5(2,3)4/h1-21,35H;(H3,1,2,3,4). The van der Waals surface area contributed by atoms with Gasteiger partial charge in [-0.2, -0.15) is 0 Å². The van der Waals surface area contributed by atoms with Gasteiger partial charge < -0.3 is 19.8 Å². The van der Waals surface area contributed by atoms with Crippen LogP contribution in [0.25, 0.3) is 65.3 Å². The highest BCUT2D eigenvalue weighted by molar-refractivity contribution is 7.45. The Morgan fingerprint density at radius 2 is 0.800 bits per heavy atom. The molecule has 7 aromatic rings. The van der Waals surface area contributed by atoms with Crippen molar-refractivity contribution in [3.8, 4) is 28.0 Å². The molecule has 40 heavy (non-hydrogen) atoms. The monoisotopic (exact) mass is 544 g/mol. The van der Waals surface area contributed by atoms with Crippen molar-refractivity contribution in [1.29, 1.82) is 0 Å².